The van der Waals surface area contributed by atoms with Crippen molar-refractivity contribution in [3.63, 3.8) is 0 Å². The summed E-state index contributed by atoms with van der Waals surface area (Å²) in [6.45, 7) is -6.19. The highest BCUT2D eigenvalue weighted by molar-refractivity contribution is 5.79. The summed E-state index contributed by atoms with van der Waals surface area (Å²) in [4.78, 5) is 28.7. The lowest BCUT2D eigenvalue weighted by Crippen LogP contribution is -2.65. The summed E-state index contributed by atoms with van der Waals surface area (Å²) in [6, 6.07) is 0. The van der Waals surface area contributed by atoms with Gasteiger partial charge in [0, 0.05) is 35.5 Å². The number of esters is 2. The maximum atomic E-state index is 14.4. The zero-order chi connectivity index (χ0) is 42.4. The van der Waals surface area contributed by atoms with Crippen LogP contribution in [0, 0.1) is 75.4 Å². The van der Waals surface area contributed by atoms with Crippen molar-refractivity contribution in [2.24, 2.45) is 75.4 Å². The van der Waals surface area contributed by atoms with Crippen molar-refractivity contribution in [2.75, 3.05) is 52.9 Å². The van der Waals surface area contributed by atoms with Crippen molar-refractivity contribution in [1.82, 2.24) is 0 Å². The predicted molar refractivity (Wildman–Crippen MR) is 188 cm³/mol. The predicted octanol–water partition coefficient (Wildman–Crippen LogP) is 7.16. The van der Waals surface area contributed by atoms with E-state index >= 15 is 0 Å². The summed E-state index contributed by atoms with van der Waals surface area (Å²) < 4.78 is 164. The van der Waals surface area contributed by atoms with E-state index in [1.54, 1.807) is 0 Å². The second kappa shape index (κ2) is 12.5. The van der Waals surface area contributed by atoms with E-state index in [1.807, 2.05) is 0 Å². The van der Waals surface area contributed by atoms with Crippen LogP contribution in [-0.4, -0.2) is 106 Å². The summed E-state index contributed by atoms with van der Waals surface area (Å²) >= 11 is 0. The van der Waals surface area contributed by atoms with Crippen LogP contribution < -0.4 is 0 Å². The summed E-state index contributed by atoms with van der Waals surface area (Å²) in [7, 11) is 0. The van der Waals surface area contributed by atoms with Gasteiger partial charge in [-0.25, -0.2) is 0 Å². The number of halogens is 8. The first kappa shape index (κ1) is 40.6. The molecule has 12 bridgehead atoms. The first-order chi connectivity index (χ1) is 28.7. The van der Waals surface area contributed by atoms with E-state index in [0.29, 0.717) is 43.9 Å². The van der Waals surface area contributed by atoms with Crippen LogP contribution in [0.4, 0.5) is 35.1 Å². The van der Waals surface area contributed by atoms with Crippen molar-refractivity contribution in [1.29, 1.82) is 0 Å². The summed E-state index contributed by atoms with van der Waals surface area (Å²) in [5.41, 5.74) is -3.13. The fourth-order valence-electron chi connectivity index (χ4n) is 16.1. The number of alkyl halides is 8. The summed E-state index contributed by atoms with van der Waals surface area (Å²) in [5, 5.41) is 0. The van der Waals surface area contributed by atoms with Gasteiger partial charge in [0.25, 0.3) is 0 Å². The van der Waals surface area contributed by atoms with Gasteiger partial charge in [-0.3, -0.25) is 9.59 Å². The topological polar surface area (TPSA) is 108 Å². The van der Waals surface area contributed by atoms with E-state index in [0.717, 1.165) is 25.7 Å². The minimum atomic E-state index is -4.41. The molecular weight excluding hydrogens is 828 g/mol. The fourth-order valence-corrected chi connectivity index (χ4v) is 16.1. The third-order valence-electron chi connectivity index (χ3n) is 18.6. The number of carbonyl (C=O) groups is 2. The highest BCUT2D eigenvalue weighted by Gasteiger charge is 2.75. The minimum Gasteiger partial charge on any atom is -0.464 e. The van der Waals surface area contributed by atoms with Crippen LogP contribution in [0.5, 0.6) is 0 Å². The second-order valence-electron chi connectivity index (χ2n) is 22.1. The van der Waals surface area contributed by atoms with Gasteiger partial charge in [0.2, 0.25) is 0 Å². The highest BCUT2D eigenvalue weighted by atomic mass is 19.3. The SMILES string of the molecule is O=C(OCC1(COC(=O)C23CC4CC(C2)C2(OCC(F)(F)C(F)(F)CO2)C4C3)COC2(OC1)C1CC3CC(C1)C2C3)C12CC3CC(C1)C1(OCC(F)(F)C(F)(F)CO1)C(C3)C2. The van der Waals surface area contributed by atoms with Gasteiger partial charge in [-0.2, -0.15) is 35.1 Å². The molecule has 10 unspecified atom stereocenters. The van der Waals surface area contributed by atoms with Crippen LogP contribution >= 0.6 is 0 Å². The van der Waals surface area contributed by atoms with E-state index in [9.17, 15) is 44.7 Å². The molecule has 15 aliphatic rings. The molecule has 0 amide bonds. The molecule has 3 heterocycles. The average Bonchev–Trinajstić information content (AvgIpc) is 3.76. The Kier molecular flexibility index (Phi) is 8.34. The van der Waals surface area contributed by atoms with Gasteiger partial charge in [0.15, 0.2) is 17.4 Å². The molecule has 0 N–H and O–H groups in total. The fraction of sp³-hybridized carbons (Fsp3) is 0.953. The van der Waals surface area contributed by atoms with Gasteiger partial charge in [-0.1, -0.05) is 0 Å². The molecule has 0 aromatic heterocycles. The first-order valence-corrected chi connectivity index (χ1v) is 22.4. The van der Waals surface area contributed by atoms with Gasteiger partial charge in [-0.05, 0) is 107 Å². The van der Waals surface area contributed by atoms with Gasteiger partial charge in [-0.15, -0.1) is 0 Å². The summed E-state index contributed by atoms with van der Waals surface area (Å²) in [5.74, 6) is -23.4. The standard InChI is InChI=1S/C43H52F8O10/c44-37(45)18-58-41(59-19-38(37,46)47)27-3-23-4-28(41)11-35(8-23,10-27)32(52)54-14-34(16-56-42(57-17-34)26-2-22-1-24(6-26)30(42)5-22)15-55-33(53)36-9-25-7-29(12-36)43(31(25)13-36)60-20-39(48,49)40(50,51)21-61-43/h22-31H,1-21H2. The molecule has 15 fully saturated rings. The number of rotatable bonds is 6. The molecule has 12 aliphatic carbocycles. The van der Waals surface area contributed by atoms with Gasteiger partial charge < -0.3 is 37.9 Å². The van der Waals surface area contributed by atoms with Crippen LogP contribution in [0.1, 0.15) is 83.5 Å². The van der Waals surface area contributed by atoms with Crippen LogP contribution in [0.2, 0.25) is 0 Å². The van der Waals surface area contributed by atoms with E-state index in [-0.39, 0.29) is 75.8 Å². The first-order valence-electron chi connectivity index (χ1n) is 22.4. The molecule has 0 aromatic carbocycles. The molecule has 10 nitrogen and oxygen atoms in total. The number of carbonyl (C=O) groups excluding carboxylic acids is 2. The van der Waals surface area contributed by atoms with E-state index < -0.39 is 119 Å². The van der Waals surface area contributed by atoms with E-state index in [2.05, 4.69) is 0 Å². The Morgan fingerprint density at radius 2 is 0.869 bits per heavy atom. The Labute approximate surface area is 347 Å². The van der Waals surface area contributed by atoms with Gasteiger partial charge in [0.1, 0.15) is 39.6 Å². The monoisotopic (exact) mass is 880 g/mol. The third kappa shape index (κ3) is 5.40. The molecule has 10 atom stereocenters. The number of hydrogen-bond acceptors (Lipinski definition) is 10. The molecule has 0 radical (unpaired) electrons. The summed E-state index contributed by atoms with van der Waals surface area (Å²) in [6.07, 6.45) is 7.18. The van der Waals surface area contributed by atoms with Crippen molar-refractivity contribution >= 4 is 11.9 Å². The van der Waals surface area contributed by atoms with Crippen molar-refractivity contribution in [3.05, 3.63) is 0 Å². The van der Waals surface area contributed by atoms with Crippen molar-refractivity contribution in [3.8, 4) is 0 Å². The lowest BCUT2D eigenvalue weighted by atomic mass is 9.47. The van der Waals surface area contributed by atoms with Crippen LogP contribution in [0.25, 0.3) is 0 Å². The molecule has 3 saturated heterocycles. The van der Waals surface area contributed by atoms with Crippen molar-refractivity contribution < 1.29 is 82.6 Å². The lowest BCUT2D eigenvalue weighted by molar-refractivity contribution is -0.353. The Hall–Kier alpha value is -1.86. The molecular formula is C43H52F8O10. The zero-order valence-electron chi connectivity index (χ0n) is 33.7. The van der Waals surface area contributed by atoms with Crippen LogP contribution in [0.15, 0.2) is 0 Å². The maximum Gasteiger partial charge on any atom is 0.335 e. The Bertz CT molecular complexity index is 1810. The number of hydrogen-bond donors (Lipinski definition) is 0. The number of ether oxygens (including phenoxy) is 8. The Morgan fingerprint density at radius 3 is 1.39 bits per heavy atom. The molecule has 18 heteroatoms. The van der Waals surface area contributed by atoms with Crippen LogP contribution in [-0.2, 0) is 47.5 Å². The van der Waals surface area contributed by atoms with E-state index in [4.69, 9.17) is 37.9 Å². The van der Waals surface area contributed by atoms with Gasteiger partial charge in [0.05, 0.1) is 29.5 Å². The molecule has 15 rings (SSSR count). The maximum absolute atomic E-state index is 14.4. The van der Waals surface area contributed by atoms with Gasteiger partial charge >= 0.3 is 35.6 Å². The molecule has 3 aliphatic heterocycles. The quantitative estimate of drug-likeness (QED) is 0.202. The third-order valence-corrected chi connectivity index (χ3v) is 18.6. The second-order valence-corrected chi connectivity index (χ2v) is 22.1. The Morgan fingerprint density at radius 1 is 0.426 bits per heavy atom. The zero-order valence-corrected chi connectivity index (χ0v) is 33.7. The minimum absolute atomic E-state index is 0.0217. The van der Waals surface area contributed by atoms with E-state index in [1.165, 1.54) is 0 Å². The highest BCUT2D eigenvalue weighted by Crippen LogP contribution is 2.71. The molecule has 340 valence electrons. The van der Waals surface area contributed by atoms with Crippen LogP contribution in [0.3, 0.4) is 0 Å². The largest absolute Gasteiger partial charge is 0.464 e. The molecule has 3 spiro atoms. The smallest absolute Gasteiger partial charge is 0.335 e. The normalized spacial score (nSPS) is 51.3. The molecule has 12 saturated carbocycles. The van der Waals surface area contributed by atoms with Crippen molar-refractivity contribution in [2.45, 2.75) is 125 Å². The lowest BCUT2D eigenvalue weighted by Gasteiger charge is -2.62. The molecule has 0 aromatic rings. The molecule has 61 heavy (non-hydrogen) atoms. The Balaban J connectivity index is 0.761. The average molecular weight is 881 g/mol.